The number of carbonyl (C=O) groups is 1. The van der Waals surface area contributed by atoms with E-state index in [0.717, 1.165) is 0 Å². The molecule has 0 amide bonds. The fraction of sp³-hybridized carbons (Fsp3) is 0.889. The summed E-state index contributed by atoms with van der Waals surface area (Å²) < 4.78 is 4.93. The highest BCUT2D eigenvalue weighted by Crippen LogP contribution is 2.31. The standard InChI is InChI=1S/C9H15NO4/c1-2-13-9(12)6-5-14-10-4-3-7(11)8(6)10/h6-8,11H,2-5H2,1H3/t6?,7-,8+/m0/s1. The SMILES string of the molecule is CCOC(=O)C1CON2CC[C@H](O)[C@@H]12. The fourth-order valence-corrected chi connectivity index (χ4v) is 2.12. The Morgan fingerprint density at radius 1 is 1.71 bits per heavy atom. The van der Waals surface area contributed by atoms with Crippen LogP contribution in [-0.2, 0) is 14.4 Å². The zero-order valence-electron chi connectivity index (χ0n) is 8.18. The molecule has 2 fully saturated rings. The van der Waals surface area contributed by atoms with E-state index in [9.17, 15) is 9.90 Å². The van der Waals surface area contributed by atoms with Crippen molar-refractivity contribution in [3.63, 3.8) is 0 Å². The van der Waals surface area contributed by atoms with Crippen LogP contribution in [0.15, 0.2) is 0 Å². The minimum atomic E-state index is -0.466. The molecule has 5 heteroatoms. The van der Waals surface area contributed by atoms with E-state index in [-0.39, 0.29) is 17.9 Å². The maximum absolute atomic E-state index is 11.5. The number of esters is 1. The lowest BCUT2D eigenvalue weighted by atomic mass is 9.98. The number of hydroxylamine groups is 2. The molecular weight excluding hydrogens is 186 g/mol. The van der Waals surface area contributed by atoms with Crippen LogP contribution in [0, 0.1) is 5.92 Å². The van der Waals surface area contributed by atoms with Crippen molar-refractivity contribution in [2.24, 2.45) is 5.92 Å². The summed E-state index contributed by atoms with van der Waals surface area (Å²) in [6, 6.07) is -0.200. The predicted octanol–water partition coefficient (Wildman–Crippen LogP) is -0.454. The van der Waals surface area contributed by atoms with Gasteiger partial charge in [0.25, 0.3) is 0 Å². The number of ether oxygens (including phenoxy) is 1. The minimum Gasteiger partial charge on any atom is -0.466 e. The summed E-state index contributed by atoms with van der Waals surface area (Å²) >= 11 is 0. The van der Waals surface area contributed by atoms with Crippen LogP contribution in [0.4, 0.5) is 0 Å². The zero-order chi connectivity index (χ0) is 10.1. The van der Waals surface area contributed by atoms with E-state index >= 15 is 0 Å². The van der Waals surface area contributed by atoms with Gasteiger partial charge in [-0.1, -0.05) is 0 Å². The zero-order valence-corrected chi connectivity index (χ0v) is 8.18. The molecule has 0 spiro atoms. The van der Waals surface area contributed by atoms with Crippen LogP contribution in [0.2, 0.25) is 0 Å². The van der Waals surface area contributed by atoms with E-state index in [1.54, 1.807) is 12.0 Å². The molecule has 1 N–H and O–H groups in total. The highest BCUT2D eigenvalue weighted by Gasteiger charge is 2.48. The van der Waals surface area contributed by atoms with Crippen LogP contribution in [0.1, 0.15) is 13.3 Å². The van der Waals surface area contributed by atoms with Crippen LogP contribution in [0.5, 0.6) is 0 Å². The molecule has 2 rings (SSSR count). The van der Waals surface area contributed by atoms with Gasteiger partial charge in [-0.3, -0.25) is 9.63 Å². The lowest BCUT2D eigenvalue weighted by molar-refractivity contribution is -0.149. The molecule has 0 aromatic carbocycles. The summed E-state index contributed by atoms with van der Waals surface area (Å²) in [6.45, 7) is 3.18. The number of fused-ring (bicyclic) bond motifs is 1. The van der Waals surface area contributed by atoms with Crippen molar-refractivity contribution in [3.8, 4) is 0 Å². The van der Waals surface area contributed by atoms with Crippen LogP contribution in [0.25, 0.3) is 0 Å². The van der Waals surface area contributed by atoms with E-state index in [0.29, 0.717) is 26.2 Å². The molecular formula is C9H15NO4. The predicted molar refractivity (Wildman–Crippen MR) is 47.2 cm³/mol. The number of aliphatic hydroxyl groups is 1. The molecule has 0 aliphatic carbocycles. The van der Waals surface area contributed by atoms with Gasteiger partial charge < -0.3 is 9.84 Å². The summed E-state index contributed by atoms with van der Waals surface area (Å²) in [6.07, 6.45) is 0.201. The first-order valence-corrected chi connectivity index (χ1v) is 4.98. The van der Waals surface area contributed by atoms with Gasteiger partial charge >= 0.3 is 5.97 Å². The fourth-order valence-electron chi connectivity index (χ4n) is 2.12. The molecule has 0 aromatic heterocycles. The first-order valence-electron chi connectivity index (χ1n) is 4.98. The molecule has 5 nitrogen and oxygen atoms in total. The first kappa shape index (κ1) is 9.89. The van der Waals surface area contributed by atoms with Crippen molar-refractivity contribution < 1.29 is 19.5 Å². The van der Waals surface area contributed by atoms with Crippen molar-refractivity contribution in [1.29, 1.82) is 0 Å². The van der Waals surface area contributed by atoms with Crippen molar-refractivity contribution >= 4 is 5.97 Å². The maximum Gasteiger partial charge on any atom is 0.313 e. The number of hydrogen-bond acceptors (Lipinski definition) is 5. The third kappa shape index (κ3) is 1.51. The van der Waals surface area contributed by atoms with Gasteiger partial charge in [-0.15, -0.1) is 0 Å². The molecule has 80 valence electrons. The Hall–Kier alpha value is -0.650. The van der Waals surface area contributed by atoms with Crippen LogP contribution in [-0.4, -0.2) is 48.0 Å². The molecule has 0 aromatic rings. The average molecular weight is 201 g/mol. The summed E-state index contributed by atoms with van der Waals surface area (Å²) in [7, 11) is 0. The van der Waals surface area contributed by atoms with E-state index < -0.39 is 6.10 Å². The van der Waals surface area contributed by atoms with Crippen LogP contribution < -0.4 is 0 Å². The van der Waals surface area contributed by atoms with Crippen molar-refractivity contribution in [2.75, 3.05) is 19.8 Å². The number of nitrogens with zero attached hydrogens (tertiary/aromatic N) is 1. The lowest BCUT2D eigenvalue weighted by Crippen LogP contribution is -2.38. The molecule has 3 atom stereocenters. The van der Waals surface area contributed by atoms with Gasteiger partial charge in [-0.05, 0) is 13.3 Å². The van der Waals surface area contributed by atoms with Crippen LogP contribution >= 0.6 is 0 Å². The number of hydrogen-bond donors (Lipinski definition) is 1. The van der Waals surface area contributed by atoms with Gasteiger partial charge in [0.1, 0.15) is 5.92 Å². The Morgan fingerprint density at radius 3 is 3.21 bits per heavy atom. The Kier molecular flexibility index (Phi) is 2.71. The van der Waals surface area contributed by atoms with Gasteiger partial charge in [0.2, 0.25) is 0 Å². The second-order valence-electron chi connectivity index (χ2n) is 3.64. The summed E-state index contributed by atoms with van der Waals surface area (Å²) in [5, 5.41) is 11.4. The monoisotopic (exact) mass is 201 g/mol. The molecule has 0 saturated carbocycles. The molecule has 2 aliphatic heterocycles. The molecule has 2 heterocycles. The molecule has 0 bridgehead atoms. The molecule has 2 aliphatic rings. The second-order valence-corrected chi connectivity index (χ2v) is 3.64. The second kappa shape index (κ2) is 3.84. The Labute approximate surface area is 82.5 Å². The topological polar surface area (TPSA) is 59.0 Å². The quantitative estimate of drug-likeness (QED) is 0.613. The Bertz CT molecular complexity index is 233. The minimum absolute atomic E-state index is 0.200. The largest absolute Gasteiger partial charge is 0.466 e. The van der Waals surface area contributed by atoms with Gasteiger partial charge in [0.15, 0.2) is 0 Å². The van der Waals surface area contributed by atoms with Gasteiger partial charge in [-0.2, -0.15) is 5.06 Å². The highest BCUT2D eigenvalue weighted by molar-refractivity contribution is 5.74. The molecule has 0 radical (unpaired) electrons. The lowest BCUT2D eigenvalue weighted by Gasteiger charge is -2.18. The Morgan fingerprint density at radius 2 is 2.50 bits per heavy atom. The molecule has 14 heavy (non-hydrogen) atoms. The van der Waals surface area contributed by atoms with Crippen molar-refractivity contribution in [1.82, 2.24) is 5.06 Å². The first-order chi connectivity index (χ1) is 6.74. The third-order valence-corrected chi connectivity index (χ3v) is 2.79. The third-order valence-electron chi connectivity index (χ3n) is 2.79. The number of carbonyl (C=O) groups excluding carboxylic acids is 1. The summed E-state index contributed by atoms with van der Waals surface area (Å²) in [4.78, 5) is 16.8. The summed E-state index contributed by atoms with van der Waals surface area (Å²) in [5.74, 6) is -0.589. The number of aliphatic hydroxyl groups excluding tert-OH is 1. The molecule has 2 saturated heterocycles. The Balaban J connectivity index is 2.03. The normalized spacial score (nSPS) is 37.1. The highest BCUT2D eigenvalue weighted by atomic mass is 16.7. The van der Waals surface area contributed by atoms with Crippen molar-refractivity contribution in [2.45, 2.75) is 25.5 Å². The van der Waals surface area contributed by atoms with Crippen LogP contribution in [0.3, 0.4) is 0 Å². The van der Waals surface area contributed by atoms with Gasteiger partial charge in [0.05, 0.1) is 25.4 Å². The molecule has 1 unspecified atom stereocenters. The summed E-state index contributed by atoms with van der Waals surface area (Å²) in [5.41, 5.74) is 0. The van der Waals surface area contributed by atoms with Crippen molar-refractivity contribution in [3.05, 3.63) is 0 Å². The van der Waals surface area contributed by atoms with Gasteiger partial charge in [-0.25, -0.2) is 0 Å². The number of rotatable bonds is 2. The van der Waals surface area contributed by atoms with Gasteiger partial charge in [0, 0.05) is 6.54 Å². The van der Waals surface area contributed by atoms with E-state index in [4.69, 9.17) is 9.57 Å². The van der Waals surface area contributed by atoms with E-state index in [1.165, 1.54) is 0 Å². The average Bonchev–Trinajstić information content (AvgIpc) is 2.70. The van der Waals surface area contributed by atoms with E-state index in [1.807, 2.05) is 0 Å². The smallest absolute Gasteiger partial charge is 0.313 e. The maximum atomic E-state index is 11.5. The van der Waals surface area contributed by atoms with E-state index in [2.05, 4.69) is 0 Å².